The highest BCUT2D eigenvalue weighted by molar-refractivity contribution is 8.24. The predicted octanol–water partition coefficient (Wildman–Crippen LogP) is 4.12. The number of fused-ring (bicyclic) bond motifs is 2. The van der Waals surface area contributed by atoms with E-state index >= 15 is 0 Å². The van der Waals surface area contributed by atoms with Crippen molar-refractivity contribution in [1.29, 1.82) is 0 Å². The second-order valence-electron chi connectivity index (χ2n) is 6.46. The lowest BCUT2D eigenvalue weighted by atomic mass is 10.1. The molecule has 0 saturated carbocycles. The van der Waals surface area contributed by atoms with Gasteiger partial charge < -0.3 is 10.6 Å². The molecule has 1 aromatic heterocycles. The van der Waals surface area contributed by atoms with Crippen molar-refractivity contribution in [2.45, 2.75) is 11.4 Å². The number of halogens is 1. The van der Waals surface area contributed by atoms with Gasteiger partial charge in [0.15, 0.2) is 0 Å². The van der Waals surface area contributed by atoms with E-state index in [9.17, 15) is 13.9 Å². The maximum atomic E-state index is 11.4. The lowest BCUT2D eigenvalue weighted by Gasteiger charge is -2.32. The molecule has 0 unspecified atom stereocenters. The van der Waals surface area contributed by atoms with Gasteiger partial charge in [0.25, 0.3) is 0 Å². The van der Waals surface area contributed by atoms with Crippen LogP contribution in [-0.4, -0.2) is 32.3 Å². The third-order valence-corrected chi connectivity index (χ3v) is 6.85. The van der Waals surface area contributed by atoms with Gasteiger partial charge in [0.1, 0.15) is 5.82 Å². The molecule has 0 bridgehead atoms. The maximum Gasteiger partial charge on any atom is 0.248 e. The first kappa shape index (κ1) is 18.1. The predicted molar refractivity (Wildman–Crippen MR) is 109 cm³/mol. The van der Waals surface area contributed by atoms with E-state index in [1.165, 1.54) is 0 Å². The molecule has 4 rings (SSSR count). The summed E-state index contributed by atoms with van der Waals surface area (Å²) < 4.78 is 21.0. The number of rotatable bonds is 2. The first-order valence-electron chi connectivity index (χ1n) is 8.34. The van der Waals surface area contributed by atoms with Gasteiger partial charge in [0.2, 0.25) is 5.91 Å². The van der Waals surface area contributed by atoms with Crippen molar-refractivity contribution >= 4 is 44.8 Å². The van der Waals surface area contributed by atoms with E-state index in [0.717, 1.165) is 5.56 Å². The van der Waals surface area contributed by atoms with Gasteiger partial charge in [0.05, 0.1) is 21.2 Å². The van der Waals surface area contributed by atoms with Crippen LogP contribution in [0.3, 0.4) is 0 Å². The van der Waals surface area contributed by atoms with Crippen LogP contribution in [0.2, 0.25) is 5.02 Å². The molecule has 140 valence electrons. The van der Waals surface area contributed by atoms with Gasteiger partial charge in [-0.1, -0.05) is 29.8 Å². The third-order valence-electron chi connectivity index (χ3n) is 4.69. The van der Waals surface area contributed by atoms with Gasteiger partial charge in [-0.2, -0.15) is 10.6 Å². The lowest BCUT2D eigenvalue weighted by Crippen LogP contribution is -2.26. The molecule has 0 aliphatic carbocycles. The summed E-state index contributed by atoms with van der Waals surface area (Å²) in [6.45, 7) is 0.936. The van der Waals surface area contributed by atoms with Crippen molar-refractivity contribution < 1.29 is 13.9 Å². The van der Waals surface area contributed by atoms with Gasteiger partial charge in [-0.25, -0.2) is 4.98 Å². The number of hydrogen-bond acceptors (Lipinski definition) is 5. The summed E-state index contributed by atoms with van der Waals surface area (Å²) in [5, 5.41) is 1.11. The Morgan fingerprint density at radius 3 is 2.74 bits per heavy atom. The van der Waals surface area contributed by atoms with Crippen LogP contribution < -0.4 is 10.6 Å². The largest absolute Gasteiger partial charge is 0.366 e. The molecule has 27 heavy (non-hydrogen) atoms. The fourth-order valence-corrected chi connectivity index (χ4v) is 5.06. The Labute approximate surface area is 162 Å². The van der Waals surface area contributed by atoms with E-state index in [4.69, 9.17) is 17.3 Å². The van der Waals surface area contributed by atoms with E-state index in [1.54, 1.807) is 30.3 Å². The number of nitrogens with zero attached hydrogens (tertiary/aromatic N) is 2. The van der Waals surface area contributed by atoms with Crippen LogP contribution in [0.25, 0.3) is 10.9 Å². The summed E-state index contributed by atoms with van der Waals surface area (Å²) in [4.78, 5) is 18.6. The minimum atomic E-state index is -2.84. The number of hydrogen-bond donors (Lipinski definition) is 3. The molecule has 1 aliphatic heterocycles. The normalized spacial score (nSPS) is 17.2. The molecular formula is C19H18ClN3O3S. The van der Waals surface area contributed by atoms with Crippen LogP contribution in [0.5, 0.6) is 0 Å². The zero-order valence-electron chi connectivity index (χ0n) is 14.3. The number of anilines is 1. The van der Waals surface area contributed by atoms with E-state index in [0.29, 0.717) is 45.3 Å². The Morgan fingerprint density at radius 2 is 1.96 bits per heavy atom. The van der Waals surface area contributed by atoms with Crippen LogP contribution in [0, 0.1) is 0 Å². The molecule has 0 atom stereocenters. The molecule has 3 aromatic rings. The van der Waals surface area contributed by atoms with Crippen molar-refractivity contribution in [3.63, 3.8) is 0 Å². The van der Waals surface area contributed by atoms with Gasteiger partial charge in [0, 0.05) is 24.0 Å². The Kier molecular flexibility index (Phi) is 4.47. The third kappa shape index (κ3) is 3.35. The number of carbonyl (C=O) groups excluding carboxylic acids is 1. The van der Waals surface area contributed by atoms with E-state index in [2.05, 4.69) is 4.98 Å². The summed E-state index contributed by atoms with van der Waals surface area (Å²) >= 11 is 6.44. The number of nitrogens with two attached hydrogens (primary N) is 1. The number of benzene rings is 2. The molecule has 1 amide bonds. The Morgan fingerprint density at radius 1 is 1.19 bits per heavy atom. The molecule has 6 nitrogen and oxygen atoms in total. The number of amides is 1. The van der Waals surface area contributed by atoms with Crippen LogP contribution in [0.1, 0.15) is 15.9 Å². The summed E-state index contributed by atoms with van der Waals surface area (Å²) in [7, 11) is -2.84. The highest BCUT2D eigenvalue weighted by Gasteiger charge is 2.26. The summed E-state index contributed by atoms with van der Waals surface area (Å²) in [6, 6.07) is 14.0. The molecule has 0 radical (unpaired) electrons. The molecule has 2 heterocycles. The number of primary amides is 1. The Hall–Kier alpha value is -2.32. The second-order valence-corrected chi connectivity index (χ2v) is 9.05. The molecule has 4 N–H and O–H groups in total. The molecule has 0 fully saturated rings. The van der Waals surface area contributed by atoms with Gasteiger partial charge in [-0.05, 0) is 35.9 Å². The first-order chi connectivity index (χ1) is 12.8. The number of carbonyl (C=O) groups is 1. The summed E-state index contributed by atoms with van der Waals surface area (Å²) in [5.41, 5.74) is 7.21. The average Bonchev–Trinajstić information content (AvgIpc) is 2.78. The van der Waals surface area contributed by atoms with Crippen molar-refractivity contribution in [3.05, 3.63) is 64.7 Å². The second kappa shape index (κ2) is 6.69. The van der Waals surface area contributed by atoms with Crippen molar-refractivity contribution in [2.75, 3.05) is 17.2 Å². The van der Waals surface area contributed by atoms with Gasteiger partial charge >= 0.3 is 0 Å². The van der Waals surface area contributed by atoms with E-state index in [-0.39, 0.29) is 5.75 Å². The summed E-state index contributed by atoms with van der Waals surface area (Å²) in [5.74, 6) is 0.347. The molecular weight excluding hydrogens is 386 g/mol. The maximum absolute atomic E-state index is 11.4. The Bertz CT molecular complexity index is 1060. The van der Waals surface area contributed by atoms with E-state index in [1.807, 2.05) is 23.1 Å². The van der Waals surface area contributed by atoms with Gasteiger partial charge in [-0.15, -0.1) is 0 Å². The van der Waals surface area contributed by atoms with Crippen LogP contribution in [0.15, 0.2) is 53.4 Å². The topological polar surface area (TPSA) is 99.7 Å². The number of pyridine rings is 1. The average molecular weight is 404 g/mol. The van der Waals surface area contributed by atoms with Crippen LogP contribution >= 0.6 is 22.2 Å². The van der Waals surface area contributed by atoms with Gasteiger partial charge in [-0.3, -0.25) is 13.9 Å². The Balaban J connectivity index is 1.76. The van der Waals surface area contributed by atoms with Crippen molar-refractivity contribution in [3.8, 4) is 0 Å². The minimum absolute atomic E-state index is 0.224. The highest BCUT2D eigenvalue weighted by Crippen LogP contribution is 2.51. The van der Waals surface area contributed by atoms with Crippen LogP contribution in [0.4, 0.5) is 5.82 Å². The number of aromatic nitrogens is 1. The molecule has 8 heteroatoms. The van der Waals surface area contributed by atoms with E-state index < -0.39 is 16.5 Å². The quantitative estimate of drug-likeness (QED) is 0.597. The van der Waals surface area contributed by atoms with Crippen LogP contribution in [-0.2, 0) is 6.54 Å². The first-order valence-corrected chi connectivity index (χ1v) is 10.4. The molecule has 1 aliphatic rings. The molecule has 0 spiro atoms. The minimum Gasteiger partial charge on any atom is -0.366 e. The zero-order valence-corrected chi connectivity index (χ0v) is 15.9. The monoisotopic (exact) mass is 403 g/mol. The fourth-order valence-electron chi connectivity index (χ4n) is 3.27. The standard InChI is InChI=1S/C19H18ClN3O3S/c20-15-10-18(22-16-6-5-12(19(21)24)9-14(15)16)23-7-8-27(25,26)17-4-2-1-3-13(17)11-23/h1-6,9-10,25-26H,7-8,11H2,(H2,21,24). The zero-order chi connectivity index (χ0) is 19.2. The summed E-state index contributed by atoms with van der Waals surface area (Å²) in [6.07, 6.45) is 0. The molecule has 0 saturated heterocycles. The highest BCUT2D eigenvalue weighted by atomic mass is 35.5. The smallest absolute Gasteiger partial charge is 0.248 e. The SMILES string of the molecule is NC(=O)c1ccc2nc(N3CCS(O)(O)c4ccccc4C3)cc(Cl)c2c1. The van der Waals surface area contributed by atoms with Crippen molar-refractivity contribution in [1.82, 2.24) is 4.98 Å². The fraction of sp³-hybridized carbons (Fsp3) is 0.158. The lowest BCUT2D eigenvalue weighted by molar-refractivity contribution is 0.100. The molecule has 2 aromatic carbocycles. The van der Waals surface area contributed by atoms with Crippen molar-refractivity contribution in [2.24, 2.45) is 5.73 Å².